The van der Waals surface area contributed by atoms with Crippen molar-refractivity contribution < 1.29 is 19.0 Å². The molecule has 2 aromatic carbocycles. The Morgan fingerprint density at radius 1 is 1.09 bits per heavy atom. The van der Waals surface area contributed by atoms with E-state index in [1.54, 1.807) is 14.2 Å². The summed E-state index contributed by atoms with van der Waals surface area (Å²) in [6.45, 7) is 4.39. The van der Waals surface area contributed by atoms with E-state index in [-0.39, 0.29) is 5.97 Å². The number of imidazole rings is 1. The average molecular weight is 436 g/mol. The van der Waals surface area contributed by atoms with E-state index in [1.807, 2.05) is 54.0 Å². The molecule has 1 atom stereocenters. The lowest BCUT2D eigenvalue weighted by Gasteiger charge is -2.31. The van der Waals surface area contributed by atoms with Crippen LogP contribution >= 0.6 is 0 Å². The Bertz CT molecular complexity index is 1170. The standard InChI is InChI=1S/C25H29N3O4/c1-5-6-9-15-32-24(29)21-16(2)26-25-27-18-12-7-8-13-19(18)28(25)22(21)17-11-10-14-20(30-3)23(17)31-4/h7-8,10-14,22H,5-6,9,15H2,1-4H3,(H,26,27)/t22-/m1/s1. The molecule has 7 nitrogen and oxygen atoms in total. The van der Waals surface area contributed by atoms with Gasteiger partial charge in [-0.3, -0.25) is 4.57 Å². The zero-order valence-corrected chi connectivity index (χ0v) is 19.0. The summed E-state index contributed by atoms with van der Waals surface area (Å²) in [4.78, 5) is 18.1. The van der Waals surface area contributed by atoms with Crippen LogP contribution < -0.4 is 14.8 Å². The van der Waals surface area contributed by atoms with Crippen LogP contribution in [0.4, 0.5) is 5.95 Å². The van der Waals surface area contributed by atoms with E-state index in [9.17, 15) is 4.79 Å². The molecular formula is C25H29N3O4. The maximum absolute atomic E-state index is 13.4. The van der Waals surface area contributed by atoms with Gasteiger partial charge in [0.2, 0.25) is 5.95 Å². The SMILES string of the molecule is CCCCCOC(=O)C1=C(C)Nc2nc3ccccc3n2[C@@H]1c1cccc(OC)c1OC. The van der Waals surface area contributed by atoms with Crippen LogP contribution in [-0.2, 0) is 9.53 Å². The molecule has 0 saturated heterocycles. The summed E-state index contributed by atoms with van der Waals surface area (Å²) in [5.41, 5.74) is 3.80. The van der Waals surface area contributed by atoms with Crippen molar-refractivity contribution in [3.8, 4) is 11.5 Å². The first-order valence-corrected chi connectivity index (χ1v) is 10.9. The number of unbranched alkanes of at least 4 members (excludes halogenated alkanes) is 2. The fraction of sp³-hybridized carbons (Fsp3) is 0.360. The first-order chi connectivity index (χ1) is 15.6. The van der Waals surface area contributed by atoms with Crippen LogP contribution in [-0.4, -0.2) is 36.3 Å². The normalized spacial score (nSPS) is 15.3. The fourth-order valence-corrected chi connectivity index (χ4v) is 4.24. The zero-order chi connectivity index (χ0) is 22.7. The van der Waals surface area contributed by atoms with Crippen molar-refractivity contribution in [2.24, 2.45) is 0 Å². The smallest absolute Gasteiger partial charge is 0.338 e. The lowest BCUT2D eigenvalue weighted by atomic mass is 9.94. The van der Waals surface area contributed by atoms with Crippen LogP contribution in [0.5, 0.6) is 11.5 Å². The number of hydrogen-bond donors (Lipinski definition) is 1. The summed E-state index contributed by atoms with van der Waals surface area (Å²) in [5.74, 6) is 1.50. The fourth-order valence-electron chi connectivity index (χ4n) is 4.24. The van der Waals surface area contributed by atoms with Crippen molar-refractivity contribution in [1.29, 1.82) is 0 Å². The van der Waals surface area contributed by atoms with Gasteiger partial charge < -0.3 is 19.5 Å². The summed E-state index contributed by atoms with van der Waals surface area (Å²) >= 11 is 0. The molecule has 0 fully saturated rings. The van der Waals surface area contributed by atoms with E-state index >= 15 is 0 Å². The molecule has 1 N–H and O–H groups in total. The number of esters is 1. The summed E-state index contributed by atoms with van der Waals surface area (Å²) < 4.78 is 19.0. The third-order valence-electron chi connectivity index (χ3n) is 5.76. The highest BCUT2D eigenvalue weighted by atomic mass is 16.5. The Morgan fingerprint density at radius 3 is 2.66 bits per heavy atom. The summed E-state index contributed by atoms with van der Waals surface area (Å²) in [6.07, 6.45) is 2.93. The van der Waals surface area contributed by atoms with Crippen molar-refractivity contribution in [3.05, 3.63) is 59.3 Å². The first kappa shape index (κ1) is 21.7. The molecule has 0 unspecified atom stereocenters. The Morgan fingerprint density at radius 2 is 1.91 bits per heavy atom. The van der Waals surface area contributed by atoms with E-state index in [0.717, 1.165) is 35.9 Å². The Hall–Kier alpha value is -3.48. The van der Waals surface area contributed by atoms with Crippen LogP contribution in [0.3, 0.4) is 0 Å². The van der Waals surface area contributed by atoms with Gasteiger partial charge in [-0.05, 0) is 31.5 Å². The number of methoxy groups -OCH3 is 2. The van der Waals surface area contributed by atoms with Gasteiger partial charge in [0.1, 0.15) is 0 Å². The highest BCUT2D eigenvalue weighted by molar-refractivity contribution is 5.94. The largest absolute Gasteiger partial charge is 0.493 e. The number of hydrogen-bond acceptors (Lipinski definition) is 6. The number of carbonyl (C=O) groups excluding carboxylic acids is 1. The molecule has 0 bridgehead atoms. The van der Waals surface area contributed by atoms with E-state index in [0.29, 0.717) is 35.3 Å². The van der Waals surface area contributed by atoms with Gasteiger partial charge in [-0.15, -0.1) is 0 Å². The molecule has 0 aliphatic carbocycles. The molecule has 2 heterocycles. The minimum Gasteiger partial charge on any atom is -0.493 e. The quantitative estimate of drug-likeness (QED) is 0.393. The summed E-state index contributed by atoms with van der Waals surface area (Å²) in [6, 6.07) is 13.1. The highest BCUT2D eigenvalue weighted by Crippen LogP contribution is 2.45. The van der Waals surface area contributed by atoms with Crippen molar-refractivity contribution in [3.63, 3.8) is 0 Å². The maximum Gasteiger partial charge on any atom is 0.338 e. The van der Waals surface area contributed by atoms with E-state index in [2.05, 4.69) is 12.2 Å². The third-order valence-corrected chi connectivity index (χ3v) is 5.76. The van der Waals surface area contributed by atoms with Crippen LogP contribution in [0, 0.1) is 0 Å². The minimum absolute atomic E-state index is 0.343. The number of nitrogens with one attached hydrogen (secondary N) is 1. The molecule has 1 aliphatic heterocycles. The molecule has 168 valence electrons. The molecule has 0 saturated carbocycles. The Kier molecular flexibility index (Phi) is 6.35. The van der Waals surface area contributed by atoms with Crippen molar-refractivity contribution in [2.75, 3.05) is 26.1 Å². The molecule has 1 aromatic heterocycles. The highest BCUT2D eigenvalue weighted by Gasteiger charge is 2.37. The van der Waals surface area contributed by atoms with Crippen LogP contribution in [0.1, 0.15) is 44.7 Å². The molecule has 0 radical (unpaired) electrons. The van der Waals surface area contributed by atoms with Gasteiger partial charge in [0.15, 0.2) is 11.5 Å². The van der Waals surface area contributed by atoms with Gasteiger partial charge >= 0.3 is 5.97 Å². The second kappa shape index (κ2) is 9.34. The number of anilines is 1. The number of fused-ring (bicyclic) bond motifs is 3. The number of aromatic nitrogens is 2. The second-order valence-electron chi connectivity index (χ2n) is 7.79. The van der Waals surface area contributed by atoms with Gasteiger partial charge in [-0.25, -0.2) is 9.78 Å². The summed E-state index contributed by atoms with van der Waals surface area (Å²) in [5, 5.41) is 3.31. The molecular weight excluding hydrogens is 406 g/mol. The number of benzene rings is 2. The van der Waals surface area contributed by atoms with Crippen molar-refractivity contribution >= 4 is 23.0 Å². The van der Waals surface area contributed by atoms with Crippen molar-refractivity contribution in [1.82, 2.24) is 9.55 Å². The molecule has 32 heavy (non-hydrogen) atoms. The lowest BCUT2D eigenvalue weighted by molar-refractivity contribution is -0.139. The topological polar surface area (TPSA) is 74.6 Å². The van der Waals surface area contributed by atoms with Crippen molar-refractivity contribution in [2.45, 2.75) is 39.2 Å². The monoisotopic (exact) mass is 435 g/mol. The maximum atomic E-state index is 13.4. The van der Waals surface area contributed by atoms with E-state index in [4.69, 9.17) is 19.2 Å². The van der Waals surface area contributed by atoms with Crippen LogP contribution in [0.2, 0.25) is 0 Å². The number of allylic oxidation sites excluding steroid dienone is 1. The predicted molar refractivity (Wildman–Crippen MR) is 124 cm³/mol. The minimum atomic E-state index is -0.484. The van der Waals surface area contributed by atoms with Gasteiger partial charge in [-0.1, -0.05) is 44.0 Å². The van der Waals surface area contributed by atoms with Crippen LogP contribution in [0.15, 0.2) is 53.7 Å². The van der Waals surface area contributed by atoms with Crippen LogP contribution in [0.25, 0.3) is 11.0 Å². The molecule has 0 spiro atoms. The number of nitrogens with zero attached hydrogens (tertiary/aromatic N) is 2. The Balaban J connectivity index is 1.89. The number of para-hydroxylation sites is 3. The van der Waals surface area contributed by atoms with E-state index in [1.165, 1.54) is 0 Å². The van der Waals surface area contributed by atoms with Gasteiger partial charge in [0.25, 0.3) is 0 Å². The molecule has 7 heteroatoms. The third kappa shape index (κ3) is 3.79. The lowest BCUT2D eigenvalue weighted by Crippen LogP contribution is -2.29. The average Bonchev–Trinajstić information content (AvgIpc) is 3.18. The summed E-state index contributed by atoms with van der Waals surface area (Å²) in [7, 11) is 3.21. The molecule has 0 amide bonds. The Labute approximate surface area is 188 Å². The van der Waals surface area contributed by atoms with Gasteiger partial charge in [0.05, 0.1) is 43.5 Å². The van der Waals surface area contributed by atoms with E-state index < -0.39 is 6.04 Å². The number of rotatable bonds is 8. The molecule has 4 rings (SSSR count). The van der Waals surface area contributed by atoms with Gasteiger partial charge in [0, 0.05) is 11.3 Å². The first-order valence-electron chi connectivity index (χ1n) is 10.9. The second-order valence-corrected chi connectivity index (χ2v) is 7.79. The number of carbonyl (C=O) groups is 1. The molecule has 1 aliphatic rings. The zero-order valence-electron chi connectivity index (χ0n) is 19.0. The molecule has 3 aromatic rings. The predicted octanol–water partition coefficient (Wildman–Crippen LogP) is 5.08. The number of ether oxygens (including phenoxy) is 3. The van der Waals surface area contributed by atoms with Gasteiger partial charge in [-0.2, -0.15) is 0 Å².